The van der Waals surface area contributed by atoms with Crippen LogP contribution in [0.4, 0.5) is 0 Å². The van der Waals surface area contributed by atoms with Gasteiger partial charge in [-0.2, -0.15) is 0 Å². The molecule has 0 spiro atoms. The van der Waals surface area contributed by atoms with Crippen LogP contribution in [0.25, 0.3) is 0 Å². The molecule has 0 bridgehead atoms. The summed E-state index contributed by atoms with van der Waals surface area (Å²) in [5, 5.41) is 0. The van der Waals surface area contributed by atoms with Gasteiger partial charge in [0.1, 0.15) is 5.54 Å². The molecule has 4 N–H and O–H groups in total. The number of piperidine rings is 1. The first-order valence-corrected chi connectivity index (χ1v) is 11.4. The lowest BCUT2D eigenvalue weighted by Crippen LogP contribution is -2.47. The number of likely N-dealkylation sites (tertiary alicyclic amines) is 1. The van der Waals surface area contributed by atoms with E-state index in [9.17, 15) is 9.59 Å². The van der Waals surface area contributed by atoms with Crippen LogP contribution >= 0.6 is 0 Å². The maximum Gasteiger partial charge on any atom is 0.257 e. The molecule has 2 unspecified atom stereocenters. The molecular weight excluding hydrogens is 390 g/mol. The Labute approximate surface area is 185 Å². The van der Waals surface area contributed by atoms with Crippen molar-refractivity contribution in [1.29, 1.82) is 0 Å². The number of amides is 2. The van der Waals surface area contributed by atoms with Crippen molar-refractivity contribution in [2.45, 2.75) is 58.4 Å². The summed E-state index contributed by atoms with van der Waals surface area (Å²) in [5.41, 5.74) is 13.0. The fraction of sp³-hybridized carbons (Fsp3) is 0.625. The Morgan fingerprint density at radius 3 is 2.55 bits per heavy atom. The molecule has 31 heavy (non-hydrogen) atoms. The monoisotopic (exact) mass is 427 g/mol. The van der Waals surface area contributed by atoms with Crippen molar-refractivity contribution in [2.24, 2.45) is 28.3 Å². The first-order valence-electron chi connectivity index (χ1n) is 11.4. The number of carbonyl (C=O) groups excluding carboxylic acids is 2. The minimum atomic E-state index is -0.749. The molecule has 1 fully saturated rings. The third-order valence-electron chi connectivity index (χ3n) is 6.55. The van der Waals surface area contributed by atoms with Crippen LogP contribution in [0, 0.1) is 11.8 Å². The van der Waals surface area contributed by atoms with Crippen molar-refractivity contribution in [2.75, 3.05) is 26.2 Å². The van der Waals surface area contributed by atoms with Crippen LogP contribution in [0.15, 0.2) is 29.3 Å². The van der Waals surface area contributed by atoms with E-state index in [0.717, 1.165) is 18.4 Å². The lowest BCUT2D eigenvalue weighted by Gasteiger charge is -2.34. The zero-order chi connectivity index (χ0) is 22.8. The van der Waals surface area contributed by atoms with Crippen LogP contribution < -0.4 is 11.5 Å². The fourth-order valence-electron chi connectivity index (χ4n) is 4.73. The lowest BCUT2D eigenvalue weighted by atomic mass is 9.90. The van der Waals surface area contributed by atoms with Crippen molar-refractivity contribution in [3.8, 4) is 0 Å². The van der Waals surface area contributed by atoms with E-state index < -0.39 is 5.54 Å². The van der Waals surface area contributed by atoms with E-state index in [2.05, 4.69) is 25.8 Å². The van der Waals surface area contributed by atoms with Crippen LogP contribution in [0.1, 0.15) is 68.8 Å². The molecule has 3 rings (SSSR count). The summed E-state index contributed by atoms with van der Waals surface area (Å²) in [4.78, 5) is 34.0. The Morgan fingerprint density at radius 1 is 1.26 bits per heavy atom. The normalized spacial score (nSPS) is 23.4. The van der Waals surface area contributed by atoms with Crippen LogP contribution in [0.2, 0.25) is 0 Å². The Bertz CT molecular complexity index is 844. The molecule has 1 aromatic carbocycles. The summed E-state index contributed by atoms with van der Waals surface area (Å²) in [6, 6.07) is 7.78. The fourth-order valence-corrected chi connectivity index (χ4v) is 4.73. The van der Waals surface area contributed by atoms with Gasteiger partial charge in [0.05, 0.1) is 0 Å². The van der Waals surface area contributed by atoms with Crippen molar-refractivity contribution >= 4 is 17.8 Å². The molecule has 7 nitrogen and oxygen atoms in total. The number of aliphatic imine (C=N–C) groups is 1. The van der Waals surface area contributed by atoms with Gasteiger partial charge in [-0.25, -0.2) is 4.99 Å². The Hall–Kier alpha value is -2.41. The van der Waals surface area contributed by atoms with Gasteiger partial charge in [-0.15, -0.1) is 0 Å². The number of guanidine groups is 1. The van der Waals surface area contributed by atoms with Gasteiger partial charge in [0.15, 0.2) is 5.96 Å². The van der Waals surface area contributed by atoms with Gasteiger partial charge < -0.3 is 16.4 Å². The number of rotatable bonds is 7. The summed E-state index contributed by atoms with van der Waals surface area (Å²) >= 11 is 0. The lowest BCUT2D eigenvalue weighted by molar-refractivity contribution is -0.131. The minimum absolute atomic E-state index is 0.00282. The Kier molecular flexibility index (Phi) is 7.04. The number of nitrogens with zero attached hydrogens (tertiary/aromatic N) is 3. The second-order valence-electron chi connectivity index (χ2n) is 9.76. The topological polar surface area (TPSA) is 105 Å². The third kappa shape index (κ3) is 5.09. The van der Waals surface area contributed by atoms with Crippen LogP contribution in [0.3, 0.4) is 0 Å². The first-order chi connectivity index (χ1) is 14.6. The van der Waals surface area contributed by atoms with E-state index in [4.69, 9.17) is 11.5 Å². The molecule has 0 saturated carbocycles. The molecule has 2 heterocycles. The first kappa shape index (κ1) is 23.3. The highest BCUT2D eigenvalue weighted by Gasteiger charge is 2.44. The summed E-state index contributed by atoms with van der Waals surface area (Å²) in [6.07, 6.45) is 2.39. The predicted octanol–water partition coefficient (Wildman–Crippen LogP) is 2.56. The van der Waals surface area contributed by atoms with Crippen molar-refractivity contribution < 1.29 is 9.59 Å². The summed E-state index contributed by atoms with van der Waals surface area (Å²) in [5.74, 6) is 1.30. The van der Waals surface area contributed by atoms with Gasteiger partial charge in [-0.3, -0.25) is 14.5 Å². The number of carbonyl (C=O) groups is 2. The van der Waals surface area contributed by atoms with E-state index >= 15 is 0 Å². The average molecular weight is 428 g/mol. The molecule has 2 atom stereocenters. The third-order valence-corrected chi connectivity index (χ3v) is 6.55. The molecule has 0 aromatic heterocycles. The highest BCUT2D eigenvalue weighted by Crippen LogP contribution is 2.30. The van der Waals surface area contributed by atoms with E-state index in [0.29, 0.717) is 56.0 Å². The summed E-state index contributed by atoms with van der Waals surface area (Å²) < 4.78 is 0. The number of hydrogen-bond acceptors (Lipinski definition) is 5. The summed E-state index contributed by atoms with van der Waals surface area (Å²) in [7, 11) is 0. The molecule has 170 valence electrons. The average Bonchev–Trinajstić information content (AvgIpc) is 2.95. The second-order valence-corrected chi connectivity index (χ2v) is 9.76. The van der Waals surface area contributed by atoms with Crippen molar-refractivity contribution in [1.82, 2.24) is 9.80 Å². The van der Waals surface area contributed by atoms with Gasteiger partial charge in [0, 0.05) is 25.2 Å². The quantitative estimate of drug-likeness (QED) is 0.698. The van der Waals surface area contributed by atoms with Gasteiger partial charge in [0.2, 0.25) is 0 Å². The van der Waals surface area contributed by atoms with Gasteiger partial charge in [0.25, 0.3) is 11.8 Å². The van der Waals surface area contributed by atoms with Gasteiger partial charge in [-0.1, -0.05) is 32.9 Å². The molecule has 7 heteroatoms. The van der Waals surface area contributed by atoms with E-state index in [1.165, 1.54) is 0 Å². The number of hydrogen-bond donors (Lipinski definition) is 2. The molecule has 2 aliphatic rings. The molecular formula is C24H37N5O2. The summed E-state index contributed by atoms with van der Waals surface area (Å²) in [6.45, 7) is 10.6. The molecule has 0 aliphatic carbocycles. The minimum Gasteiger partial charge on any atom is -0.369 e. The molecule has 0 radical (unpaired) electrons. The van der Waals surface area contributed by atoms with Crippen LogP contribution in [-0.2, 0) is 4.79 Å². The molecule has 2 amide bonds. The van der Waals surface area contributed by atoms with Crippen molar-refractivity contribution in [3.63, 3.8) is 0 Å². The van der Waals surface area contributed by atoms with E-state index in [-0.39, 0.29) is 17.7 Å². The zero-order valence-electron chi connectivity index (χ0n) is 19.3. The predicted molar refractivity (Wildman–Crippen MR) is 124 cm³/mol. The number of benzene rings is 1. The standard InChI is InChI=1S/C24H37N5O2/c1-16(2)13-24(4)22(31)29(23(26)27-24)15-18-8-10-28(11-9-18)21(30)20-7-5-6-19(12-20)17(3)14-25/h5-7,12,16-18H,8-11,13-15,25H2,1-4H3,(H2,26,27). The molecule has 1 aromatic rings. The maximum absolute atomic E-state index is 13.0. The zero-order valence-corrected chi connectivity index (χ0v) is 19.3. The van der Waals surface area contributed by atoms with E-state index in [1.807, 2.05) is 36.1 Å². The largest absolute Gasteiger partial charge is 0.369 e. The van der Waals surface area contributed by atoms with Gasteiger partial charge >= 0.3 is 0 Å². The van der Waals surface area contributed by atoms with Crippen molar-refractivity contribution in [3.05, 3.63) is 35.4 Å². The second kappa shape index (κ2) is 9.39. The Balaban J connectivity index is 1.57. The highest BCUT2D eigenvalue weighted by atomic mass is 16.2. The van der Waals surface area contributed by atoms with Crippen LogP contribution in [0.5, 0.6) is 0 Å². The SMILES string of the molecule is CC(C)CC1(C)N=C(N)N(CC2CCN(C(=O)c3cccc(C(C)CN)c3)CC2)C1=O. The Morgan fingerprint density at radius 2 is 1.94 bits per heavy atom. The molecule has 1 saturated heterocycles. The maximum atomic E-state index is 13.0. The van der Waals surface area contributed by atoms with Gasteiger partial charge in [-0.05, 0) is 68.2 Å². The smallest absolute Gasteiger partial charge is 0.257 e. The highest BCUT2D eigenvalue weighted by molar-refractivity contribution is 6.06. The van der Waals surface area contributed by atoms with E-state index in [1.54, 1.807) is 4.90 Å². The number of nitrogens with two attached hydrogens (primary N) is 2. The van der Waals surface area contributed by atoms with Crippen LogP contribution in [-0.4, -0.2) is 59.3 Å². The molecule has 2 aliphatic heterocycles.